The van der Waals surface area contributed by atoms with Crippen LogP contribution in [-0.2, 0) is 5.41 Å². The smallest absolute Gasteiger partial charge is 0.122 e. The first-order chi connectivity index (χ1) is 21.5. The maximum atomic E-state index is 12.0. The standard InChI is InChI=1S/C42H62O2/c1-3-4-25-42(2,34-26-36(30-17-9-5-10-18-30)40(43)37(27-34)31-19-11-6-12-20-31)35-28-38(32-21-13-7-14-22-32)41(44)39(29-35)33-23-15-8-16-24-33/h26-33,43-44H,3-25H2,1-2H3. The van der Waals surface area contributed by atoms with E-state index in [9.17, 15) is 10.2 Å². The minimum Gasteiger partial charge on any atom is -0.507 e. The van der Waals surface area contributed by atoms with Crippen molar-refractivity contribution in [3.63, 3.8) is 0 Å². The van der Waals surface area contributed by atoms with Gasteiger partial charge in [-0.15, -0.1) is 0 Å². The van der Waals surface area contributed by atoms with E-state index < -0.39 is 0 Å². The SMILES string of the molecule is CCCCC(C)(c1cc(C2CCCCC2)c(O)c(C2CCCCC2)c1)c1cc(C2CCCCC2)c(O)c(C2CCCCC2)c1. The predicted octanol–water partition coefficient (Wildman–Crippen LogP) is 12.8. The van der Waals surface area contributed by atoms with Crippen LogP contribution in [0.2, 0.25) is 0 Å². The number of rotatable bonds is 9. The second-order valence-electron chi connectivity index (χ2n) is 15.8. The normalized spacial score (nSPS) is 22.0. The van der Waals surface area contributed by atoms with Crippen molar-refractivity contribution in [2.24, 2.45) is 0 Å². The summed E-state index contributed by atoms with van der Waals surface area (Å²) in [6.45, 7) is 4.85. The fourth-order valence-corrected chi connectivity index (χ4v) is 9.88. The van der Waals surface area contributed by atoms with E-state index in [0.29, 0.717) is 35.2 Å². The van der Waals surface area contributed by atoms with Crippen LogP contribution < -0.4 is 0 Å². The van der Waals surface area contributed by atoms with Crippen molar-refractivity contribution < 1.29 is 10.2 Å². The van der Waals surface area contributed by atoms with Gasteiger partial charge in [-0.2, -0.15) is 0 Å². The molecule has 4 saturated carbocycles. The molecule has 0 aliphatic heterocycles. The third-order valence-corrected chi connectivity index (χ3v) is 12.8. The summed E-state index contributed by atoms with van der Waals surface area (Å²) in [5.74, 6) is 3.21. The molecule has 0 bridgehead atoms. The molecule has 0 radical (unpaired) electrons. The van der Waals surface area contributed by atoms with Crippen molar-refractivity contribution >= 4 is 0 Å². The van der Waals surface area contributed by atoms with Gasteiger partial charge in [-0.1, -0.05) is 128 Å². The maximum Gasteiger partial charge on any atom is 0.122 e. The van der Waals surface area contributed by atoms with Crippen molar-refractivity contribution in [1.82, 2.24) is 0 Å². The van der Waals surface area contributed by atoms with E-state index >= 15 is 0 Å². The van der Waals surface area contributed by atoms with Crippen LogP contribution >= 0.6 is 0 Å². The number of phenolic OH excluding ortho intramolecular Hbond substituents is 2. The van der Waals surface area contributed by atoms with Crippen molar-refractivity contribution in [2.45, 2.75) is 191 Å². The molecule has 2 aromatic rings. The fraction of sp³-hybridized carbons (Fsp3) is 0.714. The van der Waals surface area contributed by atoms with Crippen LogP contribution in [0.1, 0.15) is 219 Å². The Balaban J connectivity index is 1.52. The Labute approximate surface area is 269 Å². The van der Waals surface area contributed by atoms with Gasteiger partial charge < -0.3 is 10.2 Å². The van der Waals surface area contributed by atoms with Crippen LogP contribution in [-0.4, -0.2) is 10.2 Å². The molecule has 2 nitrogen and oxygen atoms in total. The van der Waals surface area contributed by atoms with E-state index in [0.717, 1.165) is 6.42 Å². The zero-order chi connectivity index (χ0) is 30.5. The minimum atomic E-state index is -0.142. The molecular formula is C42H62O2. The molecule has 2 heteroatoms. The molecule has 4 aliphatic carbocycles. The number of benzene rings is 2. The maximum absolute atomic E-state index is 12.0. The summed E-state index contributed by atoms with van der Waals surface area (Å²) < 4.78 is 0. The number of aromatic hydroxyl groups is 2. The molecule has 0 heterocycles. The summed E-state index contributed by atoms with van der Waals surface area (Å²) in [6.07, 6.45) is 28.8. The molecule has 4 fully saturated rings. The lowest BCUT2D eigenvalue weighted by atomic mass is 9.67. The molecule has 44 heavy (non-hydrogen) atoms. The van der Waals surface area contributed by atoms with Crippen molar-refractivity contribution in [2.75, 3.05) is 0 Å². The monoisotopic (exact) mass is 598 g/mol. The molecule has 0 atom stereocenters. The molecule has 6 rings (SSSR count). The summed E-state index contributed by atoms with van der Waals surface area (Å²) in [6, 6.07) is 9.89. The Morgan fingerprint density at radius 3 is 1.02 bits per heavy atom. The molecule has 2 N–H and O–H groups in total. The topological polar surface area (TPSA) is 40.5 Å². The van der Waals surface area contributed by atoms with E-state index in [-0.39, 0.29) is 5.41 Å². The zero-order valence-corrected chi connectivity index (χ0v) is 28.3. The second-order valence-corrected chi connectivity index (χ2v) is 15.8. The fourth-order valence-electron chi connectivity index (χ4n) is 9.88. The summed E-state index contributed by atoms with van der Waals surface area (Å²) in [5.41, 5.74) is 7.73. The third-order valence-electron chi connectivity index (χ3n) is 12.8. The van der Waals surface area contributed by atoms with Crippen LogP contribution in [0.3, 0.4) is 0 Å². The molecule has 0 unspecified atom stereocenters. The zero-order valence-electron chi connectivity index (χ0n) is 28.3. The molecule has 242 valence electrons. The lowest BCUT2D eigenvalue weighted by Gasteiger charge is -2.37. The van der Waals surface area contributed by atoms with Gasteiger partial charge in [-0.3, -0.25) is 0 Å². The quantitative estimate of drug-likeness (QED) is 0.301. The molecule has 0 aromatic heterocycles. The average Bonchev–Trinajstić information content (AvgIpc) is 3.09. The van der Waals surface area contributed by atoms with E-state index in [4.69, 9.17) is 0 Å². The predicted molar refractivity (Wildman–Crippen MR) is 185 cm³/mol. The highest BCUT2D eigenvalue weighted by Crippen LogP contribution is 2.51. The summed E-state index contributed by atoms with van der Waals surface area (Å²) >= 11 is 0. The Bertz CT molecular complexity index is 1050. The first-order valence-corrected chi connectivity index (χ1v) is 19.2. The minimum absolute atomic E-state index is 0.142. The average molecular weight is 599 g/mol. The first kappa shape index (κ1) is 32.0. The van der Waals surface area contributed by atoms with Gasteiger partial charge in [-0.05, 0) is 115 Å². The Morgan fingerprint density at radius 2 is 0.773 bits per heavy atom. The van der Waals surface area contributed by atoms with Gasteiger partial charge in [0.05, 0.1) is 0 Å². The lowest BCUT2D eigenvalue weighted by molar-refractivity contribution is 0.388. The van der Waals surface area contributed by atoms with Crippen molar-refractivity contribution in [3.05, 3.63) is 57.6 Å². The first-order valence-electron chi connectivity index (χ1n) is 19.2. The van der Waals surface area contributed by atoms with Gasteiger partial charge in [0, 0.05) is 5.41 Å². The largest absolute Gasteiger partial charge is 0.507 e. The molecule has 4 aliphatic rings. The highest BCUT2D eigenvalue weighted by Gasteiger charge is 2.36. The van der Waals surface area contributed by atoms with Gasteiger partial charge in [-0.25, -0.2) is 0 Å². The number of hydrogen-bond donors (Lipinski definition) is 2. The van der Waals surface area contributed by atoms with E-state index in [2.05, 4.69) is 38.1 Å². The number of unbranched alkanes of at least 4 members (excludes halogenated alkanes) is 1. The van der Waals surface area contributed by atoms with Crippen molar-refractivity contribution in [3.8, 4) is 11.5 Å². The lowest BCUT2D eigenvalue weighted by Crippen LogP contribution is -2.26. The van der Waals surface area contributed by atoms with Crippen molar-refractivity contribution in [1.29, 1.82) is 0 Å². The van der Waals surface area contributed by atoms with Gasteiger partial charge >= 0.3 is 0 Å². The van der Waals surface area contributed by atoms with Gasteiger partial charge in [0.1, 0.15) is 11.5 Å². The van der Waals surface area contributed by atoms with E-state index in [1.165, 1.54) is 175 Å². The molecular weight excluding hydrogens is 536 g/mol. The molecule has 2 aromatic carbocycles. The highest BCUT2D eigenvalue weighted by molar-refractivity contribution is 5.55. The van der Waals surface area contributed by atoms with Gasteiger partial charge in [0.2, 0.25) is 0 Å². The van der Waals surface area contributed by atoms with Gasteiger partial charge in [0.25, 0.3) is 0 Å². The third kappa shape index (κ3) is 6.76. The Hall–Kier alpha value is -1.96. The van der Waals surface area contributed by atoms with Gasteiger partial charge in [0.15, 0.2) is 0 Å². The molecule has 0 spiro atoms. The summed E-state index contributed by atoms with van der Waals surface area (Å²) in [7, 11) is 0. The number of phenols is 2. The second kappa shape index (κ2) is 14.6. The van der Waals surface area contributed by atoms with Crippen LogP contribution in [0, 0.1) is 0 Å². The van der Waals surface area contributed by atoms with Crippen LogP contribution in [0.4, 0.5) is 0 Å². The van der Waals surface area contributed by atoms with Crippen LogP contribution in [0.5, 0.6) is 11.5 Å². The van der Waals surface area contributed by atoms with E-state index in [1.807, 2.05) is 0 Å². The molecule has 0 amide bonds. The van der Waals surface area contributed by atoms with E-state index in [1.54, 1.807) is 0 Å². The Kier molecular flexibility index (Phi) is 10.6. The van der Waals surface area contributed by atoms with Crippen LogP contribution in [0.15, 0.2) is 24.3 Å². The summed E-state index contributed by atoms with van der Waals surface area (Å²) in [5, 5.41) is 23.9. The van der Waals surface area contributed by atoms with Crippen LogP contribution in [0.25, 0.3) is 0 Å². The summed E-state index contributed by atoms with van der Waals surface area (Å²) in [4.78, 5) is 0. The molecule has 0 saturated heterocycles. The number of hydrogen-bond acceptors (Lipinski definition) is 2. The highest BCUT2D eigenvalue weighted by atomic mass is 16.3. The Morgan fingerprint density at radius 1 is 0.500 bits per heavy atom.